The summed E-state index contributed by atoms with van der Waals surface area (Å²) in [4.78, 5) is 14.4. The summed E-state index contributed by atoms with van der Waals surface area (Å²) in [6.07, 6.45) is 0.431. The van der Waals surface area contributed by atoms with E-state index in [-0.39, 0.29) is 5.91 Å². The van der Waals surface area contributed by atoms with E-state index in [1.54, 1.807) is 16.2 Å². The van der Waals surface area contributed by atoms with Gasteiger partial charge in [-0.25, -0.2) is 0 Å². The molecule has 0 bridgehead atoms. The Bertz CT molecular complexity index is 309. The molecule has 0 spiro atoms. The molecule has 1 rings (SSSR count). The number of amides is 1. The summed E-state index contributed by atoms with van der Waals surface area (Å²) in [5.74, 6) is 0.111. The van der Waals surface area contributed by atoms with Crippen molar-refractivity contribution in [3.05, 3.63) is 21.9 Å². The van der Waals surface area contributed by atoms with Crippen molar-refractivity contribution in [2.24, 2.45) is 5.73 Å². The Hall–Kier alpha value is -0.870. The van der Waals surface area contributed by atoms with Gasteiger partial charge in [0.2, 0.25) is 5.91 Å². The maximum atomic E-state index is 11.4. The second-order valence-electron chi connectivity index (χ2n) is 3.32. The lowest BCUT2D eigenvalue weighted by atomic mass is 10.2. The topological polar surface area (TPSA) is 46.3 Å². The highest BCUT2D eigenvalue weighted by Crippen LogP contribution is 2.17. The molecular formula is C10H16N2OS. The fourth-order valence-corrected chi connectivity index (χ4v) is 2.14. The van der Waals surface area contributed by atoms with Crippen molar-refractivity contribution in [1.82, 2.24) is 4.90 Å². The van der Waals surface area contributed by atoms with Crippen LogP contribution in [0.1, 0.15) is 16.9 Å². The summed E-state index contributed by atoms with van der Waals surface area (Å²) in [7, 11) is 1.82. The van der Waals surface area contributed by atoms with Crippen LogP contribution in [0.5, 0.6) is 0 Å². The zero-order chi connectivity index (χ0) is 10.6. The third kappa shape index (κ3) is 2.82. The number of thiophene rings is 1. The van der Waals surface area contributed by atoms with E-state index in [1.807, 2.05) is 12.4 Å². The van der Waals surface area contributed by atoms with E-state index in [4.69, 9.17) is 5.73 Å². The van der Waals surface area contributed by atoms with E-state index in [1.165, 1.54) is 10.4 Å². The number of aryl methyl sites for hydroxylation is 1. The van der Waals surface area contributed by atoms with Crippen LogP contribution in [-0.4, -0.2) is 24.4 Å². The molecule has 0 aliphatic rings. The van der Waals surface area contributed by atoms with Gasteiger partial charge in [0.05, 0.1) is 6.54 Å². The number of carbonyl (C=O) groups excluding carboxylic acids is 1. The van der Waals surface area contributed by atoms with Gasteiger partial charge in [0.25, 0.3) is 0 Å². The first-order chi connectivity index (χ1) is 6.65. The maximum Gasteiger partial charge on any atom is 0.223 e. The van der Waals surface area contributed by atoms with Gasteiger partial charge in [-0.15, -0.1) is 11.3 Å². The lowest BCUT2D eigenvalue weighted by Crippen LogP contribution is -2.27. The minimum Gasteiger partial charge on any atom is -0.341 e. The van der Waals surface area contributed by atoms with Gasteiger partial charge in [-0.2, -0.15) is 0 Å². The van der Waals surface area contributed by atoms with Crippen molar-refractivity contribution >= 4 is 17.2 Å². The molecule has 0 aliphatic carbocycles. The monoisotopic (exact) mass is 212 g/mol. The van der Waals surface area contributed by atoms with Crippen LogP contribution in [0.25, 0.3) is 0 Å². The van der Waals surface area contributed by atoms with Crippen LogP contribution in [0.3, 0.4) is 0 Å². The molecule has 0 saturated carbocycles. The first-order valence-corrected chi connectivity index (χ1v) is 5.50. The minimum absolute atomic E-state index is 0.111. The molecular weight excluding hydrogens is 196 g/mol. The number of hydrogen-bond donors (Lipinski definition) is 1. The average molecular weight is 212 g/mol. The molecule has 0 atom stereocenters. The van der Waals surface area contributed by atoms with E-state index in [2.05, 4.69) is 13.0 Å². The van der Waals surface area contributed by atoms with Gasteiger partial charge in [-0.05, 0) is 23.9 Å². The summed E-state index contributed by atoms with van der Waals surface area (Å²) in [6, 6.07) is 2.07. The Morgan fingerprint density at radius 2 is 2.36 bits per heavy atom. The summed E-state index contributed by atoms with van der Waals surface area (Å²) in [5, 5.41) is 2.05. The average Bonchev–Trinajstić information content (AvgIpc) is 2.52. The van der Waals surface area contributed by atoms with Crippen LogP contribution in [0.4, 0.5) is 0 Å². The Balaban J connectivity index is 2.52. The molecule has 4 heteroatoms. The van der Waals surface area contributed by atoms with Crippen molar-refractivity contribution in [1.29, 1.82) is 0 Å². The molecule has 0 unspecified atom stereocenters. The summed E-state index contributed by atoms with van der Waals surface area (Å²) in [5.41, 5.74) is 6.58. The molecule has 0 radical (unpaired) electrons. The standard InChI is InChI=1S/C10H16N2OS/c1-8-4-6-14-9(8)7-12(2)10(13)3-5-11/h4,6H,3,5,7,11H2,1-2H3. The molecule has 1 heterocycles. The summed E-state index contributed by atoms with van der Waals surface area (Å²) < 4.78 is 0. The SMILES string of the molecule is Cc1ccsc1CN(C)C(=O)CCN. The third-order valence-corrected chi connectivity index (χ3v) is 3.14. The number of hydrogen-bond acceptors (Lipinski definition) is 3. The molecule has 14 heavy (non-hydrogen) atoms. The highest BCUT2D eigenvalue weighted by molar-refractivity contribution is 7.10. The van der Waals surface area contributed by atoms with Crippen LogP contribution < -0.4 is 5.73 Å². The van der Waals surface area contributed by atoms with Crippen LogP contribution in [-0.2, 0) is 11.3 Å². The predicted octanol–water partition coefficient (Wildman–Crippen LogP) is 1.36. The zero-order valence-corrected chi connectivity index (χ0v) is 9.43. The smallest absolute Gasteiger partial charge is 0.223 e. The van der Waals surface area contributed by atoms with E-state index in [9.17, 15) is 4.79 Å². The van der Waals surface area contributed by atoms with Crippen molar-refractivity contribution in [2.45, 2.75) is 19.9 Å². The minimum atomic E-state index is 0.111. The number of nitrogens with two attached hydrogens (primary N) is 1. The Kier molecular flexibility index (Phi) is 4.10. The van der Waals surface area contributed by atoms with Gasteiger partial charge in [0.1, 0.15) is 0 Å². The Morgan fingerprint density at radius 3 is 2.86 bits per heavy atom. The molecule has 78 valence electrons. The van der Waals surface area contributed by atoms with Crippen molar-refractivity contribution in [3.63, 3.8) is 0 Å². The third-order valence-electron chi connectivity index (χ3n) is 2.13. The first kappa shape index (κ1) is 11.2. The molecule has 3 nitrogen and oxygen atoms in total. The van der Waals surface area contributed by atoms with Crippen LogP contribution in [0.2, 0.25) is 0 Å². The molecule has 0 fully saturated rings. The highest BCUT2D eigenvalue weighted by atomic mass is 32.1. The fourth-order valence-electron chi connectivity index (χ4n) is 1.18. The highest BCUT2D eigenvalue weighted by Gasteiger charge is 2.09. The second-order valence-corrected chi connectivity index (χ2v) is 4.32. The summed E-state index contributed by atoms with van der Waals surface area (Å²) in [6.45, 7) is 3.18. The fraction of sp³-hybridized carbons (Fsp3) is 0.500. The van der Waals surface area contributed by atoms with Crippen molar-refractivity contribution < 1.29 is 4.79 Å². The van der Waals surface area contributed by atoms with E-state index < -0.39 is 0 Å². The van der Waals surface area contributed by atoms with Gasteiger partial charge >= 0.3 is 0 Å². The van der Waals surface area contributed by atoms with E-state index in [0.717, 1.165) is 0 Å². The van der Waals surface area contributed by atoms with Crippen LogP contribution in [0, 0.1) is 6.92 Å². The Labute approximate surface area is 88.5 Å². The number of nitrogens with zero attached hydrogens (tertiary/aromatic N) is 1. The van der Waals surface area contributed by atoms with Gasteiger partial charge < -0.3 is 10.6 Å². The van der Waals surface area contributed by atoms with Gasteiger partial charge in [0.15, 0.2) is 0 Å². The lowest BCUT2D eigenvalue weighted by molar-refractivity contribution is -0.130. The second kappa shape index (κ2) is 5.12. The van der Waals surface area contributed by atoms with Crippen molar-refractivity contribution in [2.75, 3.05) is 13.6 Å². The molecule has 2 N–H and O–H groups in total. The molecule has 1 aromatic heterocycles. The van der Waals surface area contributed by atoms with Gasteiger partial charge in [-0.3, -0.25) is 4.79 Å². The normalized spacial score (nSPS) is 10.2. The molecule has 0 saturated heterocycles. The van der Waals surface area contributed by atoms with Crippen LogP contribution >= 0.6 is 11.3 Å². The van der Waals surface area contributed by atoms with Crippen molar-refractivity contribution in [3.8, 4) is 0 Å². The largest absolute Gasteiger partial charge is 0.341 e. The van der Waals surface area contributed by atoms with Gasteiger partial charge in [-0.1, -0.05) is 0 Å². The predicted molar refractivity (Wildman–Crippen MR) is 59.2 cm³/mol. The lowest BCUT2D eigenvalue weighted by Gasteiger charge is -2.16. The summed E-state index contributed by atoms with van der Waals surface area (Å²) >= 11 is 1.69. The molecule has 1 amide bonds. The van der Waals surface area contributed by atoms with Crippen LogP contribution in [0.15, 0.2) is 11.4 Å². The Morgan fingerprint density at radius 1 is 1.64 bits per heavy atom. The van der Waals surface area contributed by atoms with E-state index >= 15 is 0 Å². The quantitative estimate of drug-likeness (QED) is 0.819. The van der Waals surface area contributed by atoms with E-state index in [0.29, 0.717) is 19.5 Å². The molecule has 1 aromatic rings. The van der Waals surface area contributed by atoms with Gasteiger partial charge in [0, 0.05) is 24.9 Å². The molecule has 0 aliphatic heterocycles. The maximum absolute atomic E-state index is 11.4. The molecule has 0 aromatic carbocycles. The number of rotatable bonds is 4. The first-order valence-electron chi connectivity index (χ1n) is 4.62. The number of carbonyl (C=O) groups is 1. The zero-order valence-electron chi connectivity index (χ0n) is 8.62.